The number of hydrogen-bond donors (Lipinski definition) is 1. The molecule has 0 bridgehead atoms. The molecule has 2 aromatic rings. The zero-order chi connectivity index (χ0) is 20.6. The molecular weight excluding hydrogens is 370 g/mol. The van der Waals surface area contributed by atoms with Crippen LogP contribution in [0, 0.1) is 0 Å². The first-order valence-electron chi connectivity index (χ1n) is 9.65. The lowest BCUT2D eigenvalue weighted by molar-refractivity contribution is -0.122. The molecule has 2 amide bonds. The number of amides is 2. The summed E-state index contributed by atoms with van der Waals surface area (Å²) in [5.74, 6) is 1.08. The molecule has 1 heterocycles. The molecule has 0 atom stereocenters. The van der Waals surface area contributed by atoms with Crippen molar-refractivity contribution in [2.45, 2.75) is 6.54 Å². The van der Waals surface area contributed by atoms with Gasteiger partial charge in [0.25, 0.3) is 5.91 Å². The van der Waals surface area contributed by atoms with Crippen LogP contribution in [0.5, 0.6) is 11.5 Å². The molecule has 0 spiro atoms. The highest BCUT2D eigenvalue weighted by atomic mass is 16.5. The van der Waals surface area contributed by atoms with Crippen molar-refractivity contribution in [3.63, 3.8) is 0 Å². The summed E-state index contributed by atoms with van der Waals surface area (Å²) in [6.45, 7) is 3.36. The Kier molecular flexibility index (Phi) is 7.08. The van der Waals surface area contributed by atoms with Gasteiger partial charge >= 0.3 is 0 Å². The van der Waals surface area contributed by atoms with Gasteiger partial charge in [-0.25, -0.2) is 0 Å². The molecule has 2 aromatic carbocycles. The molecule has 29 heavy (non-hydrogen) atoms. The van der Waals surface area contributed by atoms with Crippen molar-refractivity contribution in [1.29, 1.82) is 0 Å². The molecular formula is C22H27N3O4. The summed E-state index contributed by atoms with van der Waals surface area (Å²) < 4.78 is 10.5. The maximum absolute atomic E-state index is 12.8. The van der Waals surface area contributed by atoms with E-state index in [0.29, 0.717) is 56.3 Å². The fraction of sp³-hybridized carbons (Fsp3) is 0.364. The van der Waals surface area contributed by atoms with Gasteiger partial charge in [-0.15, -0.1) is 0 Å². The maximum atomic E-state index is 12.8. The standard InChI is InChI=1S/C22H27N3O4/c1-28-19-9-8-18(14-20(19)29-2)22(27)25-12-10-24(11-13-25)16-21(26)23-15-17-6-4-3-5-7-17/h3-9,14H,10-13,15-16H2,1-2H3,(H,23,26). The van der Waals surface area contributed by atoms with Crippen LogP contribution in [-0.2, 0) is 11.3 Å². The largest absolute Gasteiger partial charge is 0.493 e. The molecule has 1 aliphatic heterocycles. The zero-order valence-corrected chi connectivity index (χ0v) is 16.9. The van der Waals surface area contributed by atoms with Crippen molar-refractivity contribution < 1.29 is 19.1 Å². The number of benzene rings is 2. The van der Waals surface area contributed by atoms with E-state index in [9.17, 15) is 9.59 Å². The lowest BCUT2D eigenvalue weighted by Gasteiger charge is -2.34. The van der Waals surface area contributed by atoms with E-state index >= 15 is 0 Å². The highest BCUT2D eigenvalue weighted by Crippen LogP contribution is 2.28. The van der Waals surface area contributed by atoms with Gasteiger partial charge < -0.3 is 19.7 Å². The fourth-order valence-corrected chi connectivity index (χ4v) is 3.32. The second-order valence-corrected chi connectivity index (χ2v) is 6.90. The monoisotopic (exact) mass is 397 g/mol. The average Bonchev–Trinajstić information content (AvgIpc) is 2.78. The molecule has 7 heteroatoms. The number of ether oxygens (including phenoxy) is 2. The molecule has 1 aliphatic rings. The number of carbonyl (C=O) groups excluding carboxylic acids is 2. The molecule has 3 rings (SSSR count). The maximum Gasteiger partial charge on any atom is 0.254 e. The summed E-state index contributed by atoms with van der Waals surface area (Å²) in [7, 11) is 3.11. The van der Waals surface area contributed by atoms with Crippen LogP contribution in [0.15, 0.2) is 48.5 Å². The van der Waals surface area contributed by atoms with Crippen LogP contribution < -0.4 is 14.8 Å². The van der Waals surface area contributed by atoms with Gasteiger partial charge in [-0.3, -0.25) is 14.5 Å². The van der Waals surface area contributed by atoms with E-state index in [0.717, 1.165) is 5.56 Å². The van der Waals surface area contributed by atoms with Crippen LogP contribution in [0.2, 0.25) is 0 Å². The molecule has 0 unspecified atom stereocenters. The molecule has 1 saturated heterocycles. The quantitative estimate of drug-likeness (QED) is 0.771. The number of nitrogens with zero attached hydrogens (tertiary/aromatic N) is 2. The Hall–Kier alpha value is -3.06. The van der Waals surface area contributed by atoms with Crippen molar-refractivity contribution >= 4 is 11.8 Å². The highest BCUT2D eigenvalue weighted by molar-refractivity contribution is 5.95. The van der Waals surface area contributed by atoms with Gasteiger partial charge in [0.15, 0.2) is 11.5 Å². The van der Waals surface area contributed by atoms with Gasteiger partial charge in [-0.1, -0.05) is 30.3 Å². The second kappa shape index (κ2) is 9.93. The van der Waals surface area contributed by atoms with Crippen LogP contribution in [-0.4, -0.2) is 68.6 Å². The van der Waals surface area contributed by atoms with E-state index in [1.54, 1.807) is 37.3 Å². The molecule has 7 nitrogen and oxygen atoms in total. The number of nitrogens with one attached hydrogen (secondary N) is 1. The first-order valence-corrected chi connectivity index (χ1v) is 9.65. The van der Waals surface area contributed by atoms with E-state index in [2.05, 4.69) is 10.2 Å². The zero-order valence-electron chi connectivity index (χ0n) is 16.9. The SMILES string of the molecule is COc1ccc(C(=O)N2CCN(CC(=O)NCc3ccccc3)CC2)cc1OC. The van der Waals surface area contributed by atoms with E-state index < -0.39 is 0 Å². The Bertz CT molecular complexity index is 833. The van der Waals surface area contributed by atoms with Gasteiger partial charge in [0.05, 0.1) is 20.8 Å². The van der Waals surface area contributed by atoms with Crippen molar-refractivity contribution in [1.82, 2.24) is 15.1 Å². The Morgan fingerprint density at radius 3 is 2.28 bits per heavy atom. The molecule has 1 fully saturated rings. The Morgan fingerprint density at radius 1 is 0.931 bits per heavy atom. The number of methoxy groups -OCH3 is 2. The van der Waals surface area contributed by atoms with E-state index in [1.165, 1.54) is 0 Å². The smallest absolute Gasteiger partial charge is 0.254 e. The summed E-state index contributed by atoms with van der Waals surface area (Å²) in [4.78, 5) is 28.9. The third-order valence-electron chi connectivity index (χ3n) is 4.99. The van der Waals surface area contributed by atoms with Crippen LogP contribution in [0.3, 0.4) is 0 Å². The van der Waals surface area contributed by atoms with Crippen LogP contribution >= 0.6 is 0 Å². The van der Waals surface area contributed by atoms with Gasteiger partial charge in [-0.2, -0.15) is 0 Å². The van der Waals surface area contributed by atoms with Gasteiger partial charge in [-0.05, 0) is 23.8 Å². The molecule has 0 saturated carbocycles. The minimum Gasteiger partial charge on any atom is -0.493 e. The van der Waals surface area contributed by atoms with E-state index in [4.69, 9.17) is 9.47 Å². The van der Waals surface area contributed by atoms with Crippen molar-refractivity contribution in [3.05, 3.63) is 59.7 Å². The minimum absolute atomic E-state index is 0.00600. The predicted molar refractivity (Wildman–Crippen MR) is 110 cm³/mol. The van der Waals surface area contributed by atoms with Crippen molar-refractivity contribution in [3.8, 4) is 11.5 Å². The normalized spacial score (nSPS) is 14.3. The average molecular weight is 397 g/mol. The number of carbonyl (C=O) groups is 2. The summed E-state index contributed by atoms with van der Waals surface area (Å²) in [6.07, 6.45) is 0. The third kappa shape index (κ3) is 5.48. The first-order chi connectivity index (χ1) is 14.1. The van der Waals surface area contributed by atoms with E-state index in [1.807, 2.05) is 30.3 Å². The number of piperazine rings is 1. The first kappa shape index (κ1) is 20.7. The Morgan fingerprint density at radius 2 is 1.62 bits per heavy atom. The molecule has 154 valence electrons. The van der Waals surface area contributed by atoms with Crippen LogP contribution in [0.1, 0.15) is 15.9 Å². The van der Waals surface area contributed by atoms with Crippen molar-refractivity contribution in [2.75, 3.05) is 46.9 Å². The van der Waals surface area contributed by atoms with Crippen molar-refractivity contribution in [2.24, 2.45) is 0 Å². The fourth-order valence-electron chi connectivity index (χ4n) is 3.32. The lowest BCUT2D eigenvalue weighted by Crippen LogP contribution is -2.51. The van der Waals surface area contributed by atoms with Gasteiger partial charge in [0, 0.05) is 38.3 Å². The predicted octanol–water partition coefficient (Wildman–Crippen LogP) is 1.78. The minimum atomic E-state index is -0.0425. The second-order valence-electron chi connectivity index (χ2n) is 6.90. The molecule has 0 aromatic heterocycles. The third-order valence-corrected chi connectivity index (χ3v) is 4.99. The Balaban J connectivity index is 1.47. The topological polar surface area (TPSA) is 71.1 Å². The lowest BCUT2D eigenvalue weighted by atomic mass is 10.1. The van der Waals surface area contributed by atoms with Gasteiger partial charge in [0.1, 0.15) is 0 Å². The summed E-state index contributed by atoms with van der Waals surface area (Å²) in [5, 5.41) is 2.94. The van der Waals surface area contributed by atoms with Crippen LogP contribution in [0.25, 0.3) is 0 Å². The number of rotatable bonds is 7. The highest BCUT2D eigenvalue weighted by Gasteiger charge is 2.24. The Labute approximate surface area is 171 Å². The molecule has 0 aliphatic carbocycles. The summed E-state index contributed by atoms with van der Waals surface area (Å²) in [5.41, 5.74) is 1.64. The molecule has 0 radical (unpaired) electrons. The molecule has 1 N–H and O–H groups in total. The summed E-state index contributed by atoms with van der Waals surface area (Å²) in [6, 6.07) is 15.0. The van der Waals surface area contributed by atoms with Crippen LogP contribution in [0.4, 0.5) is 0 Å². The summed E-state index contributed by atoms with van der Waals surface area (Å²) >= 11 is 0. The number of hydrogen-bond acceptors (Lipinski definition) is 5. The van der Waals surface area contributed by atoms with Gasteiger partial charge in [0.2, 0.25) is 5.91 Å². The van der Waals surface area contributed by atoms with E-state index in [-0.39, 0.29) is 11.8 Å².